The van der Waals surface area contributed by atoms with Gasteiger partial charge < -0.3 is 0 Å². The molecule has 3 heteroatoms. The molecule has 0 aromatic carbocycles. The molecule has 0 radical (unpaired) electrons. The van der Waals surface area contributed by atoms with Crippen molar-refractivity contribution in [2.24, 2.45) is 23.2 Å². The lowest BCUT2D eigenvalue weighted by atomic mass is 9.49. The van der Waals surface area contributed by atoms with Crippen molar-refractivity contribution >= 4 is 32.8 Å². The molecule has 0 amide bonds. The first kappa shape index (κ1) is 10.6. The summed E-state index contributed by atoms with van der Waals surface area (Å²) in [7, 11) is 0. The average molecular weight is 292 g/mol. The Morgan fingerprint density at radius 1 is 1.13 bits per heavy atom. The molecule has 0 spiro atoms. The molecule has 1 unspecified atom stereocenters. The number of carbonyl (C=O) groups excluding carboxylic acids is 1. The molecule has 0 saturated heterocycles. The van der Waals surface area contributed by atoms with Gasteiger partial charge in [-0.05, 0) is 73.3 Å². The summed E-state index contributed by atoms with van der Waals surface area (Å²) in [6.07, 6.45) is 7.93. The van der Waals surface area contributed by atoms with Gasteiger partial charge in [0.1, 0.15) is 0 Å². The van der Waals surface area contributed by atoms with Gasteiger partial charge in [0, 0.05) is 0 Å². The largest absolute Gasteiger partial charge is 0.280 e. The van der Waals surface area contributed by atoms with E-state index >= 15 is 0 Å². The van der Waals surface area contributed by atoms with Crippen LogP contribution < -0.4 is 0 Å². The van der Waals surface area contributed by atoms with Crippen LogP contribution in [0.4, 0.5) is 0 Å². The number of hydrogen-bond acceptors (Lipinski definition) is 1. The molecule has 4 fully saturated rings. The van der Waals surface area contributed by atoms with Crippen molar-refractivity contribution in [3.63, 3.8) is 0 Å². The van der Waals surface area contributed by atoms with Crippen LogP contribution in [0, 0.1) is 23.2 Å². The fourth-order valence-corrected chi connectivity index (χ4v) is 5.52. The number of rotatable bonds is 2. The summed E-state index contributed by atoms with van der Waals surface area (Å²) in [4.78, 5) is 11.3. The fourth-order valence-electron chi connectivity index (χ4n) is 4.73. The zero-order chi connectivity index (χ0) is 10.6. The van der Waals surface area contributed by atoms with Crippen LogP contribution in [0.25, 0.3) is 0 Å². The molecule has 0 heterocycles. The maximum Gasteiger partial charge on any atom is 0.235 e. The van der Waals surface area contributed by atoms with Gasteiger partial charge in [-0.25, -0.2) is 0 Å². The average Bonchev–Trinajstić information content (AvgIpc) is 2.14. The molecule has 84 valence electrons. The van der Waals surface area contributed by atoms with Gasteiger partial charge in [0.05, 0.1) is 4.83 Å². The van der Waals surface area contributed by atoms with Crippen molar-refractivity contribution < 1.29 is 4.79 Å². The van der Waals surface area contributed by atoms with Gasteiger partial charge in [-0.2, -0.15) is 0 Å². The van der Waals surface area contributed by atoms with Crippen molar-refractivity contribution in [1.29, 1.82) is 0 Å². The molecule has 4 rings (SSSR count). The zero-order valence-electron chi connectivity index (χ0n) is 8.72. The summed E-state index contributed by atoms with van der Waals surface area (Å²) in [6, 6.07) is 0. The second-order valence-electron chi connectivity index (χ2n) is 5.95. The first-order chi connectivity index (χ1) is 7.09. The highest BCUT2D eigenvalue weighted by Crippen LogP contribution is 2.62. The fraction of sp³-hybridized carbons (Fsp3) is 0.917. The zero-order valence-corrected chi connectivity index (χ0v) is 11.1. The van der Waals surface area contributed by atoms with Gasteiger partial charge in [0.2, 0.25) is 5.24 Å². The van der Waals surface area contributed by atoms with Crippen molar-refractivity contribution in [3.05, 3.63) is 0 Å². The minimum Gasteiger partial charge on any atom is -0.280 e. The van der Waals surface area contributed by atoms with Gasteiger partial charge in [-0.1, -0.05) is 15.9 Å². The van der Waals surface area contributed by atoms with Gasteiger partial charge >= 0.3 is 0 Å². The smallest absolute Gasteiger partial charge is 0.235 e. The molecule has 0 aromatic rings. The molecule has 4 bridgehead atoms. The monoisotopic (exact) mass is 290 g/mol. The van der Waals surface area contributed by atoms with E-state index in [0.29, 0.717) is 0 Å². The van der Waals surface area contributed by atoms with E-state index in [4.69, 9.17) is 11.6 Å². The van der Waals surface area contributed by atoms with Crippen LogP contribution in [0.5, 0.6) is 0 Å². The molecule has 4 saturated carbocycles. The standard InChI is InChI=1S/C12H16BrClO/c13-10(11(14)15)12-4-7-1-8(5-12)3-9(2-7)6-12/h7-10H,1-6H2. The molecule has 0 aliphatic heterocycles. The molecular formula is C12H16BrClO. The molecular weight excluding hydrogens is 275 g/mol. The predicted octanol–water partition coefficient (Wildman–Crippen LogP) is 3.73. The Morgan fingerprint density at radius 3 is 1.87 bits per heavy atom. The maximum atomic E-state index is 11.4. The third-order valence-electron chi connectivity index (χ3n) is 4.82. The van der Waals surface area contributed by atoms with Crippen LogP contribution in [-0.4, -0.2) is 10.1 Å². The van der Waals surface area contributed by atoms with Crippen LogP contribution in [0.2, 0.25) is 0 Å². The Morgan fingerprint density at radius 2 is 1.53 bits per heavy atom. The molecule has 1 atom stereocenters. The van der Waals surface area contributed by atoms with E-state index in [1.54, 1.807) is 0 Å². The van der Waals surface area contributed by atoms with Gasteiger partial charge in [-0.3, -0.25) is 4.79 Å². The van der Waals surface area contributed by atoms with Gasteiger partial charge in [0.15, 0.2) is 0 Å². The SMILES string of the molecule is O=C(Cl)C(Br)C12CC3CC(CC(C3)C1)C2. The van der Waals surface area contributed by atoms with E-state index in [2.05, 4.69) is 15.9 Å². The lowest BCUT2D eigenvalue weighted by Crippen LogP contribution is -2.51. The van der Waals surface area contributed by atoms with Crippen LogP contribution in [0.15, 0.2) is 0 Å². The molecule has 4 aliphatic carbocycles. The van der Waals surface area contributed by atoms with Crippen molar-refractivity contribution in [3.8, 4) is 0 Å². The predicted molar refractivity (Wildman–Crippen MR) is 64.2 cm³/mol. The normalized spacial score (nSPS) is 49.3. The highest BCUT2D eigenvalue weighted by molar-refractivity contribution is 9.10. The summed E-state index contributed by atoms with van der Waals surface area (Å²) in [5.41, 5.74) is 0.216. The van der Waals surface area contributed by atoms with E-state index in [1.165, 1.54) is 38.5 Å². The van der Waals surface area contributed by atoms with Crippen molar-refractivity contribution in [1.82, 2.24) is 0 Å². The van der Waals surface area contributed by atoms with Crippen LogP contribution in [-0.2, 0) is 4.79 Å². The summed E-state index contributed by atoms with van der Waals surface area (Å²) in [6.45, 7) is 0. The Bertz CT molecular complexity index is 267. The minimum absolute atomic E-state index is 0.0972. The van der Waals surface area contributed by atoms with Crippen LogP contribution >= 0.6 is 27.5 Å². The Balaban J connectivity index is 1.89. The number of hydrogen-bond donors (Lipinski definition) is 0. The van der Waals surface area contributed by atoms with Crippen LogP contribution in [0.1, 0.15) is 38.5 Å². The molecule has 15 heavy (non-hydrogen) atoms. The van der Waals surface area contributed by atoms with Crippen molar-refractivity contribution in [2.45, 2.75) is 43.4 Å². The third kappa shape index (κ3) is 1.59. The first-order valence-corrected chi connectivity index (χ1v) is 7.22. The van der Waals surface area contributed by atoms with E-state index < -0.39 is 0 Å². The van der Waals surface area contributed by atoms with E-state index in [9.17, 15) is 4.79 Å². The van der Waals surface area contributed by atoms with Gasteiger partial charge in [-0.15, -0.1) is 0 Å². The topological polar surface area (TPSA) is 17.1 Å². The number of halogens is 2. The molecule has 0 N–H and O–H groups in total. The summed E-state index contributed by atoms with van der Waals surface area (Å²) < 4.78 is 0. The molecule has 0 aromatic heterocycles. The Labute approximate surface area is 104 Å². The highest BCUT2D eigenvalue weighted by Gasteiger charge is 2.54. The number of alkyl halides is 1. The highest BCUT2D eigenvalue weighted by atomic mass is 79.9. The quantitative estimate of drug-likeness (QED) is 0.559. The molecule has 1 nitrogen and oxygen atoms in total. The third-order valence-corrected chi connectivity index (χ3v) is 6.69. The lowest BCUT2D eigenvalue weighted by Gasteiger charge is -2.58. The lowest BCUT2D eigenvalue weighted by molar-refractivity contribution is -0.118. The maximum absolute atomic E-state index is 11.4. The van der Waals surface area contributed by atoms with Crippen molar-refractivity contribution in [2.75, 3.05) is 0 Å². The van der Waals surface area contributed by atoms with Gasteiger partial charge in [0.25, 0.3) is 0 Å². The first-order valence-electron chi connectivity index (χ1n) is 5.92. The second-order valence-corrected chi connectivity index (χ2v) is 7.23. The summed E-state index contributed by atoms with van der Waals surface area (Å²) >= 11 is 9.23. The number of carbonyl (C=O) groups is 1. The van der Waals surface area contributed by atoms with E-state index in [-0.39, 0.29) is 15.5 Å². The second kappa shape index (κ2) is 3.46. The Kier molecular flexibility index (Phi) is 2.44. The summed E-state index contributed by atoms with van der Waals surface area (Å²) in [5.74, 6) is 2.65. The molecule has 4 aliphatic rings. The summed E-state index contributed by atoms with van der Waals surface area (Å²) in [5, 5.41) is -0.183. The van der Waals surface area contributed by atoms with Crippen LogP contribution in [0.3, 0.4) is 0 Å². The Hall–Kier alpha value is 0.440. The van der Waals surface area contributed by atoms with E-state index in [1.807, 2.05) is 0 Å². The van der Waals surface area contributed by atoms with E-state index in [0.717, 1.165) is 17.8 Å². The minimum atomic E-state index is -0.183.